The van der Waals surface area contributed by atoms with Gasteiger partial charge in [0, 0.05) is 5.56 Å². The maximum atomic E-state index is 12.9. The summed E-state index contributed by atoms with van der Waals surface area (Å²) in [5, 5.41) is 0. The molecule has 0 N–H and O–H groups in total. The van der Waals surface area contributed by atoms with Crippen LogP contribution in [0.15, 0.2) is 48.5 Å². The highest BCUT2D eigenvalue weighted by Crippen LogP contribution is 2.31. The van der Waals surface area contributed by atoms with Crippen LogP contribution in [-0.2, 0) is 9.53 Å². The molecule has 3 rings (SSSR count). The highest BCUT2D eigenvalue weighted by Gasteiger charge is 2.31. The molecule has 2 aromatic rings. The van der Waals surface area contributed by atoms with Crippen LogP contribution in [0.2, 0.25) is 0 Å². The van der Waals surface area contributed by atoms with Crippen LogP contribution < -0.4 is 9.47 Å². The van der Waals surface area contributed by atoms with E-state index in [-0.39, 0.29) is 12.2 Å². The number of hydrogen-bond donors (Lipinski definition) is 0. The van der Waals surface area contributed by atoms with E-state index in [1.54, 1.807) is 24.3 Å². The first-order valence-corrected chi connectivity index (χ1v) is 7.43. The Labute approximate surface area is 138 Å². The SMILES string of the molecule is C[C@H](OC(=O)[C@@H]1COc2ccccc2O1)C(=O)c1ccc(F)cc1. The smallest absolute Gasteiger partial charge is 0.351 e. The summed E-state index contributed by atoms with van der Waals surface area (Å²) in [6.45, 7) is 1.47. The summed E-state index contributed by atoms with van der Waals surface area (Å²) in [6.07, 6.45) is -1.95. The van der Waals surface area contributed by atoms with E-state index < -0.39 is 29.8 Å². The summed E-state index contributed by atoms with van der Waals surface area (Å²) in [5.74, 6) is -0.546. The number of ketones is 1. The van der Waals surface area contributed by atoms with Crippen LogP contribution in [0.1, 0.15) is 17.3 Å². The number of rotatable bonds is 4. The van der Waals surface area contributed by atoms with Crippen molar-refractivity contribution >= 4 is 11.8 Å². The van der Waals surface area contributed by atoms with Crippen molar-refractivity contribution in [1.29, 1.82) is 0 Å². The van der Waals surface area contributed by atoms with Gasteiger partial charge in [-0.05, 0) is 43.3 Å². The predicted molar refractivity (Wildman–Crippen MR) is 82.6 cm³/mol. The minimum Gasteiger partial charge on any atom is -0.485 e. The number of ether oxygens (including phenoxy) is 3. The van der Waals surface area contributed by atoms with Gasteiger partial charge >= 0.3 is 5.97 Å². The Bertz CT molecular complexity index is 756. The summed E-state index contributed by atoms with van der Waals surface area (Å²) in [7, 11) is 0. The van der Waals surface area contributed by atoms with Crippen LogP contribution in [0, 0.1) is 5.82 Å². The molecule has 0 spiro atoms. The number of halogens is 1. The van der Waals surface area contributed by atoms with Crippen molar-refractivity contribution in [2.45, 2.75) is 19.1 Å². The number of carbonyl (C=O) groups excluding carboxylic acids is 2. The first-order valence-electron chi connectivity index (χ1n) is 7.43. The first kappa shape index (κ1) is 16.0. The van der Waals surface area contributed by atoms with Gasteiger partial charge in [-0.25, -0.2) is 9.18 Å². The third-order valence-corrected chi connectivity index (χ3v) is 3.56. The zero-order chi connectivity index (χ0) is 17.1. The lowest BCUT2D eigenvalue weighted by atomic mass is 10.1. The Hall–Kier alpha value is -2.89. The Kier molecular flexibility index (Phi) is 4.46. The van der Waals surface area contributed by atoms with E-state index in [0.717, 1.165) is 0 Å². The third-order valence-electron chi connectivity index (χ3n) is 3.56. The predicted octanol–water partition coefficient (Wildman–Crippen LogP) is 2.78. The number of fused-ring (bicyclic) bond motifs is 1. The second kappa shape index (κ2) is 6.70. The molecule has 1 aliphatic rings. The number of benzene rings is 2. The monoisotopic (exact) mass is 330 g/mol. The van der Waals surface area contributed by atoms with Crippen LogP contribution in [-0.4, -0.2) is 30.6 Å². The molecule has 1 heterocycles. The normalized spacial score (nSPS) is 17.0. The average molecular weight is 330 g/mol. The van der Waals surface area contributed by atoms with Crippen molar-refractivity contribution in [3.05, 3.63) is 59.9 Å². The minimum atomic E-state index is -1.01. The second-order valence-electron chi connectivity index (χ2n) is 5.31. The molecule has 0 amide bonds. The summed E-state index contributed by atoms with van der Waals surface area (Å²) < 4.78 is 29.0. The number of para-hydroxylation sites is 2. The molecule has 0 fully saturated rings. The lowest BCUT2D eigenvalue weighted by Crippen LogP contribution is -2.40. The number of Topliss-reactive ketones (excluding diaryl/α,β-unsaturated/α-hetero) is 1. The fourth-order valence-corrected chi connectivity index (χ4v) is 2.29. The Morgan fingerprint density at radius 2 is 1.79 bits per heavy atom. The highest BCUT2D eigenvalue weighted by atomic mass is 19.1. The molecule has 0 radical (unpaired) electrons. The van der Waals surface area contributed by atoms with E-state index >= 15 is 0 Å². The summed E-state index contributed by atoms with van der Waals surface area (Å²) in [6, 6.07) is 12.0. The summed E-state index contributed by atoms with van der Waals surface area (Å²) >= 11 is 0. The fourth-order valence-electron chi connectivity index (χ4n) is 2.29. The van der Waals surface area contributed by atoms with Crippen molar-refractivity contribution in [1.82, 2.24) is 0 Å². The topological polar surface area (TPSA) is 61.8 Å². The zero-order valence-corrected chi connectivity index (χ0v) is 12.9. The molecule has 5 nitrogen and oxygen atoms in total. The van der Waals surface area contributed by atoms with Gasteiger partial charge in [0.25, 0.3) is 0 Å². The van der Waals surface area contributed by atoms with E-state index in [9.17, 15) is 14.0 Å². The second-order valence-corrected chi connectivity index (χ2v) is 5.31. The van der Waals surface area contributed by atoms with E-state index in [2.05, 4.69) is 0 Å². The summed E-state index contributed by atoms with van der Waals surface area (Å²) in [4.78, 5) is 24.4. The van der Waals surface area contributed by atoms with Crippen molar-refractivity contribution in [3.8, 4) is 11.5 Å². The van der Waals surface area contributed by atoms with Gasteiger partial charge in [-0.15, -0.1) is 0 Å². The number of hydrogen-bond acceptors (Lipinski definition) is 5. The lowest BCUT2D eigenvalue weighted by molar-refractivity contribution is -0.157. The van der Waals surface area contributed by atoms with E-state index in [1.807, 2.05) is 0 Å². The lowest BCUT2D eigenvalue weighted by Gasteiger charge is -2.25. The largest absolute Gasteiger partial charge is 0.485 e. The molecule has 0 aromatic heterocycles. The van der Waals surface area contributed by atoms with Gasteiger partial charge in [0.05, 0.1) is 0 Å². The molecule has 2 aromatic carbocycles. The molecule has 124 valence electrons. The highest BCUT2D eigenvalue weighted by molar-refractivity contribution is 6.00. The quantitative estimate of drug-likeness (QED) is 0.637. The average Bonchev–Trinajstić information content (AvgIpc) is 2.61. The van der Waals surface area contributed by atoms with Crippen molar-refractivity contribution in [2.75, 3.05) is 6.61 Å². The van der Waals surface area contributed by atoms with Crippen molar-refractivity contribution < 1.29 is 28.2 Å². The van der Waals surface area contributed by atoms with E-state index in [4.69, 9.17) is 14.2 Å². The van der Waals surface area contributed by atoms with Crippen LogP contribution in [0.25, 0.3) is 0 Å². The Morgan fingerprint density at radius 3 is 2.50 bits per heavy atom. The fraction of sp³-hybridized carbons (Fsp3) is 0.222. The molecule has 6 heteroatoms. The van der Waals surface area contributed by atoms with Gasteiger partial charge in [-0.2, -0.15) is 0 Å². The van der Waals surface area contributed by atoms with Crippen molar-refractivity contribution in [3.63, 3.8) is 0 Å². The van der Waals surface area contributed by atoms with Crippen molar-refractivity contribution in [2.24, 2.45) is 0 Å². The van der Waals surface area contributed by atoms with Gasteiger partial charge in [-0.1, -0.05) is 12.1 Å². The molecule has 24 heavy (non-hydrogen) atoms. The molecule has 0 aliphatic carbocycles. The molecule has 0 saturated carbocycles. The van der Waals surface area contributed by atoms with Gasteiger partial charge in [0.2, 0.25) is 11.9 Å². The number of carbonyl (C=O) groups is 2. The number of esters is 1. The van der Waals surface area contributed by atoms with Gasteiger partial charge in [0.1, 0.15) is 12.4 Å². The van der Waals surface area contributed by atoms with Gasteiger partial charge in [-0.3, -0.25) is 4.79 Å². The molecule has 1 aliphatic heterocycles. The van der Waals surface area contributed by atoms with Crippen LogP contribution in [0.5, 0.6) is 11.5 Å². The molecular formula is C18H15FO5. The Balaban J connectivity index is 1.62. The first-order chi connectivity index (χ1) is 11.5. The molecule has 0 saturated heterocycles. The van der Waals surface area contributed by atoms with Crippen LogP contribution in [0.4, 0.5) is 4.39 Å². The maximum Gasteiger partial charge on any atom is 0.351 e. The minimum absolute atomic E-state index is 0.00725. The molecule has 0 unspecified atom stereocenters. The molecule has 2 atom stereocenters. The molecular weight excluding hydrogens is 315 g/mol. The van der Waals surface area contributed by atoms with Crippen LogP contribution >= 0.6 is 0 Å². The third kappa shape index (κ3) is 3.37. The maximum absolute atomic E-state index is 12.9. The van der Waals surface area contributed by atoms with E-state index in [1.165, 1.54) is 31.2 Å². The van der Waals surface area contributed by atoms with Gasteiger partial charge in [0.15, 0.2) is 17.6 Å². The van der Waals surface area contributed by atoms with E-state index in [0.29, 0.717) is 11.5 Å². The van der Waals surface area contributed by atoms with Crippen LogP contribution in [0.3, 0.4) is 0 Å². The zero-order valence-electron chi connectivity index (χ0n) is 12.9. The van der Waals surface area contributed by atoms with Gasteiger partial charge < -0.3 is 14.2 Å². The summed E-state index contributed by atoms with van der Waals surface area (Å²) in [5.41, 5.74) is 0.267. The standard InChI is InChI=1S/C18H15FO5/c1-11(17(20)12-6-8-13(19)9-7-12)23-18(21)16-10-22-14-4-2-3-5-15(14)24-16/h2-9,11,16H,10H2,1H3/t11-,16-/m0/s1. The Morgan fingerprint density at radius 1 is 1.12 bits per heavy atom. The molecule has 0 bridgehead atoms.